The Bertz CT molecular complexity index is 316. The Morgan fingerprint density at radius 1 is 1.47 bits per heavy atom. The lowest BCUT2D eigenvalue weighted by molar-refractivity contribution is -0.140. The Labute approximate surface area is 91.6 Å². The van der Waals surface area contributed by atoms with Crippen molar-refractivity contribution in [2.24, 2.45) is 0 Å². The molecule has 1 N–H and O–H groups in total. The Kier molecular flexibility index (Phi) is 4.99. The molecule has 0 aromatic carbocycles. The molecule has 1 heterocycles. The van der Waals surface area contributed by atoms with Crippen molar-refractivity contribution in [2.75, 3.05) is 26.1 Å². The van der Waals surface area contributed by atoms with Gasteiger partial charge < -0.3 is 14.8 Å². The van der Waals surface area contributed by atoms with E-state index in [1.165, 1.54) is 18.4 Å². The Morgan fingerprint density at radius 2 is 2.27 bits per heavy atom. The summed E-state index contributed by atoms with van der Waals surface area (Å²) in [6.45, 7) is 0.949. The van der Waals surface area contributed by atoms with Crippen LogP contribution in [0.25, 0.3) is 0 Å². The van der Waals surface area contributed by atoms with E-state index < -0.39 is 0 Å². The normalized spacial score (nSPS) is 10.0. The SMILES string of the molecule is COCc1nnc(NCCC(=O)OC)s1. The Balaban J connectivity index is 2.28. The van der Waals surface area contributed by atoms with Gasteiger partial charge in [-0.05, 0) is 0 Å². The Hall–Kier alpha value is -1.21. The molecule has 0 aliphatic carbocycles. The van der Waals surface area contributed by atoms with Crippen LogP contribution in [-0.2, 0) is 20.9 Å². The third-order valence-electron chi connectivity index (χ3n) is 1.57. The van der Waals surface area contributed by atoms with E-state index >= 15 is 0 Å². The first-order chi connectivity index (χ1) is 7.26. The molecule has 0 atom stereocenters. The van der Waals surface area contributed by atoms with E-state index in [0.717, 1.165) is 5.01 Å². The number of hydrogen-bond donors (Lipinski definition) is 1. The first-order valence-electron chi connectivity index (χ1n) is 4.38. The number of carbonyl (C=O) groups excluding carboxylic acids is 1. The maximum Gasteiger partial charge on any atom is 0.307 e. The van der Waals surface area contributed by atoms with Gasteiger partial charge in [-0.2, -0.15) is 0 Å². The van der Waals surface area contributed by atoms with Gasteiger partial charge in [-0.3, -0.25) is 4.79 Å². The molecule has 0 aliphatic rings. The van der Waals surface area contributed by atoms with Crippen LogP contribution in [0.1, 0.15) is 11.4 Å². The van der Waals surface area contributed by atoms with Gasteiger partial charge in [-0.1, -0.05) is 11.3 Å². The molecule has 0 saturated heterocycles. The molecule has 0 saturated carbocycles. The van der Waals surface area contributed by atoms with Gasteiger partial charge in [0.25, 0.3) is 0 Å². The molecule has 0 spiro atoms. The van der Waals surface area contributed by atoms with Gasteiger partial charge in [0, 0.05) is 13.7 Å². The van der Waals surface area contributed by atoms with Crippen molar-refractivity contribution in [3.05, 3.63) is 5.01 Å². The number of nitrogens with one attached hydrogen (secondary N) is 1. The summed E-state index contributed by atoms with van der Waals surface area (Å²) in [5.74, 6) is -0.246. The second-order valence-electron chi connectivity index (χ2n) is 2.69. The summed E-state index contributed by atoms with van der Waals surface area (Å²) >= 11 is 1.41. The number of anilines is 1. The number of hydrogen-bond acceptors (Lipinski definition) is 7. The highest BCUT2D eigenvalue weighted by atomic mass is 32.1. The van der Waals surface area contributed by atoms with E-state index in [0.29, 0.717) is 24.7 Å². The number of rotatable bonds is 6. The van der Waals surface area contributed by atoms with Crippen LogP contribution in [0, 0.1) is 0 Å². The molecule has 84 valence electrons. The predicted molar refractivity (Wildman–Crippen MR) is 55.7 cm³/mol. The lowest BCUT2D eigenvalue weighted by Gasteiger charge is -1.99. The molecule has 0 radical (unpaired) electrons. The van der Waals surface area contributed by atoms with Crippen LogP contribution in [0.5, 0.6) is 0 Å². The summed E-state index contributed by atoms with van der Waals surface area (Å²) < 4.78 is 9.41. The first-order valence-corrected chi connectivity index (χ1v) is 5.20. The second-order valence-corrected chi connectivity index (χ2v) is 3.75. The largest absolute Gasteiger partial charge is 0.469 e. The molecule has 1 aromatic heterocycles. The maximum absolute atomic E-state index is 10.8. The minimum atomic E-state index is -0.246. The van der Waals surface area contributed by atoms with E-state index in [1.54, 1.807) is 7.11 Å². The molecule has 7 heteroatoms. The van der Waals surface area contributed by atoms with Crippen molar-refractivity contribution in [2.45, 2.75) is 13.0 Å². The van der Waals surface area contributed by atoms with Crippen molar-refractivity contribution in [1.82, 2.24) is 10.2 Å². The van der Waals surface area contributed by atoms with Crippen LogP contribution >= 0.6 is 11.3 Å². The van der Waals surface area contributed by atoms with E-state index in [-0.39, 0.29) is 5.97 Å². The van der Waals surface area contributed by atoms with Gasteiger partial charge >= 0.3 is 5.97 Å². The molecule has 0 unspecified atom stereocenters. The van der Waals surface area contributed by atoms with Crippen LogP contribution < -0.4 is 5.32 Å². The molecule has 15 heavy (non-hydrogen) atoms. The molecular weight excluding hydrogens is 218 g/mol. The van der Waals surface area contributed by atoms with Crippen LogP contribution in [-0.4, -0.2) is 36.9 Å². The molecule has 0 fully saturated rings. The van der Waals surface area contributed by atoms with Gasteiger partial charge in [0.1, 0.15) is 11.6 Å². The lowest BCUT2D eigenvalue weighted by atomic mass is 10.4. The molecule has 0 bridgehead atoms. The maximum atomic E-state index is 10.8. The van der Waals surface area contributed by atoms with Crippen molar-refractivity contribution in [3.8, 4) is 0 Å². The first kappa shape index (κ1) is 11.9. The summed E-state index contributed by atoms with van der Waals surface area (Å²) in [5.41, 5.74) is 0. The lowest BCUT2D eigenvalue weighted by Crippen LogP contribution is -2.09. The minimum absolute atomic E-state index is 0.246. The zero-order valence-electron chi connectivity index (χ0n) is 8.65. The number of carbonyl (C=O) groups is 1. The van der Waals surface area contributed by atoms with E-state index in [1.807, 2.05) is 0 Å². The molecule has 0 amide bonds. The van der Waals surface area contributed by atoms with Gasteiger partial charge in [0.2, 0.25) is 5.13 Å². The molecule has 1 aromatic rings. The van der Waals surface area contributed by atoms with Gasteiger partial charge in [-0.25, -0.2) is 0 Å². The zero-order valence-corrected chi connectivity index (χ0v) is 9.47. The topological polar surface area (TPSA) is 73.3 Å². The predicted octanol–water partition coefficient (Wildman–Crippen LogP) is 0.659. The number of ether oxygens (including phenoxy) is 2. The third-order valence-corrected chi connectivity index (χ3v) is 2.42. The summed E-state index contributed by atoms with van der Waals surface area (Å²) in [6.07, 6.45) is 0.315. The van der Waals surface area contributed by atoms with Gasteiger partial charge in [0.05, 0.1) is 13.5 Å². The highest BCUT2D eigenvalue weighted by molar-refractivity contribution is 7.15. The van der Waals surface area contributed by atoms with E-state index in [2.05, 4.69) is 20.3 Å². The highest BCUT2D eigenvalue weighted by Gasteiger charge is 2.04. The smallest absolute Gasteiger partial charge is 0.307 e. The van der Waals surface area contributed by atoms with E-state index in [9.17, 15) is 4.79 Å². The molecule has 1 rings (SSSR count). The highest BCUT2D eigenvalue weighted by Crippen LogP contribution is 2.15. The fourth-order valence-corrected chi connectivity index (χ4v) is 1.62. The second kappa shape index (κ2) is 6.31. The van der Waals surface area contributed by atoms with Crippen LogP contribution in [0.2, 0.25) is 0 Å². The van der Waals surface area contributed by atoms with Crippen molar-refractivity contribution < 1.29 is 14.3 Å². The summed E-state index contributed by atoms with van der Waals surface area (Å²) in [6, 6.07) is 0. The number of aromatic nitrogens is 2. The number of esters is 1. The van der Waals surface area contributed by atoms with Crippen LogP contribution in [0.4, 0.5) is 5.13 Å². The van der Waals surface area contributed by atoms with Crippen LogP contribution in [0.15, 0.2) is 0 Å². The minimum Gasteiger partial charge on any atom is -0.469 e. The molecule has 0 aliphatic heterocycles. The average Bonchev–Trinajstić information content (AvgIpc) is 2.66. The van der Waals surface area contributed by atoms with E-state index in [4.69, 9.17) is 4.74 Å². The summed E-state index contributed by atoms with van der Waals surface area (Å²) in [5, 5.41) is 12.2. The summed E-state index contributed by atoms with van der Waals surface area (Å²) in [7, 11) is 2.97. The quantitative estimate of drug-likeness (QED) is 0.725. The van der Waals surface area contributed by atoms with Crippen LogP contribution in [0.3, 0.4) is 0 Å². The summed E-state index contributed by atoms with van der Waals surface area (Å²) in [4.78, 5) is 10.8. The van der Waals surface area contributed by atoms with Gasteiger partial charge in [0.15, 0.2) is 0 Å². The molecule has 6 nitrogen and oxygen atoms in total. The van der Waals surface area contributed by atoms with Crippen molar-refractivity contribution in [3.63, 3.8) is 0 Å². The fraction of sp³-hybridized carbons (Fsp3) is 0.625. The van der Waals surface area contributed by atoms with Crippen molar-refractivity contribution in [1.29, 1.82) is 0 Å². The monoisotopic (exact) mass is 231 g/mol. The van der Waals surface area contributed by atoms with Gasteiger partial charge in [-0.15, -0.1) is 10.2 Å². The van der Waals surface area contributed by atoms with Crippen molar-refractivity contribution >= 4 is 22.4 Å². The fourth-order valence-electron chi connectivity index (χ4n) is 0.880. The third kappa shape index (κ3) is 4.22. The number of methoxy groups -OCH3 is 2. The molecular formula is C8H13N3O3S. The average molecular weight is 231 g/mol. The number of nitrogens with zero attached hydrogens (tertiary/aromatic N) is 2. The standard InChI is InChI=1S/C8H13N3O3S/c1-13-5-6-10-11-8(15-6)9-4-3-7(12)14-2/h3-5H2,1-2H3,(H,9,11). The Morgan fingerprint density at radius 3 is 2.93 bits per heavy atom. The zero-order chi connectivity index (χ0) is 11.1.